The quantitative estimate of drug-likeness (QED) is 0.515. The third kappa shape index (κ3) is 3.27. The molecule has 7 heteroatoms. The first-order valence-electron chi connectivity index (χ1n) is 7.04. The van der Waals surface area contributed by atoms with Crippen LogP contribution in [0.3, 0.4) is 0 Å². The average molecular weight is 404 g/mol. The SMILES string of the molecule is CN=c1scc(-c2cccc(Br)c2)n1N=Cc1cccc(O)c1O. The lowest BCUT2D eigenvalue weighted by Crippen LogP contribution is -2.11. The molecule has 5 nitrogen and oxygen atoms in total. The van der Waals surface area contributed by atoms with Gasteiger partial charge >= 0.3 is 0 Å². The van der Waals surface area contributed by atoms with E-state index < -0.39 is 0 Å². The van der Waals surface area contributed by atoms with Crippen molar-refractivity contribution < 1.29 is 10.2 Å². The van der Waals surface area contributed by atoms with E-state index >= 15 is 0 Å². The summed E-state index contributed by atoms with van der Waals surface area (Å²) in [6.45, 7) is 0. The van der Waals surface area contributed by atoms with Gasteiger partial charge in [-0.05, 0) is 24.3 Å². The molecule has 24 heavy (non-hydrogen) atoms. The Bertz CT molecular complexity index is 976. The third-order valence-electron chi connectivity index (χ3n) is 3.36. The number of hydrogen-bond acceptors (Lipinski definition) is 5. The monoisotopic (exact) mass is 403 g/mol. The van der Waals surface area contributed by atoms with Gasteiger partial charge in [0.25, 0.3) is 0 Å². The van der Waals surface area contributed by atoms with E-state index in [-0.39, 0.29) is 11.5 Å². The zero-order valence-electron chi connectivity index (χ0n) is 12.7. The molecule has 0 aliphatic rings. The first-order valence-corrected chi connectivity index (χ1v) is 8.72. The maximum atomic E-state index is 9.90. The van der Waals surface area contributed by atoms with E-state index in [0.29, 0.717) is 5.56 Å². The first-order chi connectivity index (χ1) is 11.6. The normalized spacial score (nSPS) is 12.2. The van der Waals surface area contributed by atoms with Gasteiger partial charge < -0.3 is 10.2 Å². The lowest BCUT2D eigenvalue weighted by Gasteiger charge is -2.05. The van der Waals surface area contributed by atoms with Gasteiger partial charge in [-0.25, -0.2) is 4.68 Å². The maximum Gasteiger partial charge on any atom is 0.205 e. The minimum atomic E-state index is -0.198. The summed E-state index contributed by atoms with van der Waals surface area (Å²) in [7, 11) is 1.70. The predicted molar refractivity (Wildman–Crippen MR) is 99.7 cm³/mol. The van der Waals surface area contributed by atoms with Crippen molar-refractivity contribution in [1.29, 1.82) is 0 Å². The molecule has 122 valence electrons. The molecule has 3 aromatic rings. The Hall–Kier alpha value is -2.38. The molecular weight excluding hydrogens is 390 g/mol. The first kappa shape index (κ1) is 16.5. The van der Waals surface area contributed by atoms with E-state index in [2.05, 4.69) is 26.0 Å². The topological polar surface area (TPSA) is 70.1 Å². The minimum Gasteiger partial charge on any atom is -0.504 e. The largest absolute Gasteiger partial charge is 0.504 e. The zero-order chi connectivity index (χ0) is 17.1. The fourth-order valence-corrected chi connectivity index (χ4v) is 3.38. The number of aromatic nitrogens is 1. The van der Waals surface area contributed by atoms with Crippen molar-refractivity contribution in [2.75, 3.05) is 7.05 Å². The molecule has 0 aliphatic heterocycles. The highest BCUT2D eigenvalue weighted by Crippen LogP contribution is 2.27. The van der Waals surface area contributed by atoms with Crippen molar-refractivity contribution in [1.82, 2.24) is 4.68 Å². The number of nitrogens with zero attached hydrogens (tertiary/aromatic N) is 3. The summed E-state index contributed by atoms with van der Waals surface area (Å²) < 4.78 is 2.68. The number of benzene rings is 2. The summed E-state index contributed by atoms with van der Waals surface area (Å²) in [6.07, 6.45) is 1.50. The Labute approximate surface area is 151 Å². The van der Waals surface area contributed by atoms with Crippen LogP contribution < -0.4 is 4.80 Å². The molecule has 0 saturated heterocycles. The number of thiazole rings is 1. The predicted octanol–water partition coefficient (Wildman–Crippen LogP) is 3.80. The van der Waals surface area contributed by atoms with Crippen LogP contribution in [0.4, 0.5) is 0 Å². The van der Waals surface area contributed by atoms with Crippen LogP contribution in [0.2, 0.25) is 0 Å². The highest BCUT2D eigenvalue weighted by Gasteiger charge is 2.08. The van der Waals surface area contributed by atoms with Crippen molar-refractivity contribution in [3.63, 3.8) is 0 Å². The van der Waals surface area contributed by atoms with Gasteiger partial charge in [0.15, 0.2) is 11.5 Å². The lowest BCUT2D eigenvalue weighted by atomic mass is 10.2. The second-order valence-electron chi connectivity index (χ2n) is 4.91. The highest BCUT2D eigenvalue weighted by atomic mass is 79.9. The van der Waals surface area contributed by atoms with Gasteiger partial charge in [0.2, 0.25) is 4.80 Å². The van der Waals surface area contributed by atoms with E-state index in [9.17, 15) is 10.2 Å². The Balaban J connectivity index is 2.09. The number of aromatic hydroxyl groups is 2. The molecule has 0 fully saturated rings. The maximum absolute atomic E-state index is 9.90. The van der Waals surface area contributed by atoms with Crippen molar-refractivity contribution >= 4 is 33.5 Å². The molecule has 0 saturated carbocycles. The molecule has 0 bridgehead atoms. The van der Waals surface area contributed by atoms with E-state index in [0.717, 1.165) is 20.5 Å². The van der Waals surface area contributed by atoms with Crippen LogP contribution in [0.1, 0.15) is 5.56 Å². The molecule has 0 amide bonds. The van der Waals surface area contributed by atoms with Crippen LogP contribution in [-0.4, -0.2) is 28.2 Å². The number of para-hydroxylation sites is 1. The summed E-state index contributed by atoms with van der Waals surface area (Å²) in [5.74, 6) is -0.377. The summed E-state index contributed by atoms with van der Waals surface area (Å²) in [6, 6.07) is 12.6. The standard InChI is InChI=1S/C17H14BrN3O2S/c1-19-17-21(20-9-12-5-3-7-15(22)16(12)23)14(10-24-17)11-4-2-6-13(18)8-11/h2-10,22-23H,1H3. The van der Waals surface area contributed by atoms with Crippen LogP contribution in [0.25, 0.3) is 11.3 Å². The van der Waals surface area contributed by atoms with Crippen LogP contribution in [0.15, 0.2) is 62.4 Å². The molecule has 1 aromatic heterocycles. The van der Waals surface area contributed by atoms with Crippen molar-refractivity contribution in [3.05, 3.63) is 62.7 Å². The minimum absolute atomic E-state index is 0.179. The number of hydrogen-bond donors (Lipinski definition) is 2. The number of rotatable bonds is 3. The van der Waals surface area contributed by atoms with Gasteiger partial charge in [-0.15, -0.1) is 11.3 Å². The Morgan fingerprint density at radius 3 is 2.71 bits per heavy atom. The Kier molecular flexibility index (Phi) is 4.82. The smallest absolute Gasteiger partial charge is 0.205 e. The van der Waals surface area contributed by atoms with Gasteiger partial charge in [0.1, 0.15) is 0 Å². The summed E-state index contributed by atoms with van der Waals surface area (Å²) in [5.41, 5.74) is 2.31. The molecule has 0 unspecified atom stereocenters. The summed E-state index contributed by atoms with van der Waals surface area (Å²) in [4.78, 5) is 4.96. The molecule has 0 atom stereocenters. The van der Waals surface area contributed by atoms with Crippen molar-refractivity contribution in [3.8, 4) is 22.8 Å². The molecule has 0 aliphatic carbocycles. The van der Waals surface area contributed by atoms with Gasteiger partial charge in [-0.1, -0.05) is 34.1 Å². The van der Waals surface area contributed by atoms with E-state index in [1.807, 2.05) is 29.6 Å². The summed E-state index contributed by atoms with van der Waals surface area (Å²) in [5, 5.41) is 25.9. The zero-order valence-corrected chi connectivity index (χ0v) is 15.1. The lowest BCUT2D eigenvalue weighted by molar-refractivity contribution is 0.403. The van der Waals surface area contributed by atoms with E-state index in [1.165, 1.54) is 23.6 Å². The number of phenols is 2. The van der Waals surface area contributed by atoms with Gasteiger partial charge in [-0.3, -0.25) is 4.99 Å². The molecule has 2 N–H and O–H groups in total. The second-order valence-corrected chi connectivity index (χ2v) is 6.66. The molecule has 0 radical (unpaired) electrons. The van der Waals surface area contributed by atoms with Gasteiger partial charge in [-0.2, -0.15) is 5.10 Å². The van der Waals surface area contributed by atoms with E-state index in [4.69, 9.17) is 0 Å². The van der Waals surface area contributed by atoms with Crippen molar-refractivity contribution in [2.45, 2.75) is 0 Å². The Morgan fingerprint density at radius 2 is 1.96 bits per heavy atom. The van der Waals surface area contributed by atoms with Crippen LogP contribution in [0.5, 0.6) is 11.5 Å². The Morgan fingerprint density at radius 1 is 1.17 bits per heavy atom. The van der Waals surface area contributed by atoms with Gasteiger partial charge in [0.05, 0.1) is 11.9 Å². The van der Waals surface area contributed by atoms with Crippen LogP contribution >= 0.6 is 27.3 Å². The molecule has 1 heterocycles. The average Bonchev–Trinajstić information content (AvgIpc) is 2.99. The fraction of sp³-hybridized carbons (Fsp3) is 0.0588. The molecule has 3 rings (SSSR count). The second kappa shape index (κ2) is 7.02. The fourth-order valence-electron chi connectivity index (χ4n) is 2.18. The number of phenolic OH excluding ortho intramolecular Hbond substituents is 2. The molecular formula is C17H14BrN3O2S. The van der Waals surface area contributed by atoms with Crippen LogP contribution in [-0.2, 0) is 0 Å². The molecule has 0 spiro atoms. The van der Waals surface area contributed by atoms with Gasteiger partial charge in [0, 0.05) is 28.0 Å². The van der Waals surface area contributed by atoms with Crippen molar-refractivity contribution in [2.24, 2.45) is 10.1 Å². The molecule has 2 aromatic carbocycles. The van der Waals surface area contributed by atoms with E-state index in [1.54, 1.807) is 23.9 Å². The highest BCUT2D eigenvalue weighted by molar-refractivity contribution is 9.10. The third-order valence-corrected chi connectivity index (χ3v) is 4.76. The number of halogens is 1. The summed E-state index contributed by atoms with van der Waals surface area (Å²) >= 11 is 4.95. The van der Waals surface area contributed by atoms with Crippen LogP contribution in [0, 0.1) is 0 Å².